The number of benzene rings is 1. The number of fused-ring (bicyclic) bond motifs is 1. The fourth-order valence-corrected chi connectivity index (χ4v) is 1.86. The van der Waals surface area contributed by atoms with Crippen LogP contribution in [0.2, 0.25) is 0 Å². The first kappa shape index (κ1) is 9.83. The Balaban J connectivity index is 2.53. The van der Waals surface area contributed by atoms with Crippen LogP contribution >= 0.6 is 0 Å². The molecule has 15 heavy (non-hydrogen) atoms. The van der Waals surface area contributed by atoms with Gasteiger partial charge in [-0.25, -0.2) is 0 Å². The summed E-state index contributed by atoms with van der Waals surface area (Å²) in [6.45, 7) is 0. The highest BCUT2D eigenvalue weighted by atomic mass is 16.5. The van der Waals surface area contributed by atoms with Crippen molar-refractivity contribution in [1.29, 1.82) is 0 Å². The van der Waals surface area contributed by atoms with Crippen LogP contribution in [0.4, 0.5) is 11.4 Å². The van der Waals surface area contributed by atoms with E-state index in [2.05, 4.69) is 10.6 Å². The molecule has 0 radical (unpaired) electrons. The number of methoxy groups -OCH3 is 1. The van der Waals surface area contributed by atoms with Crippen molar-refractivity contribution in [1.82, 2.24) is 0 Å². The van der Waals surface area contributed by atoms with Gasteiger partial charge < -0.3 is 15.4 Å². The van der Waals surface area contributed by atoms with E-state index in [0.29, 0.717) is 6.42 Å². The molecule has 1 aliphatic heterocycles. The molecule has 1 aromatic rings. The molecule has 0 bridgehead atoms. The largest absolute Gasteiger partial charge is 0.496 e. The monoisotopic (exact) mass is 206 g/mol. The third-order valence-corrected chi connectivity index (χ3v) is 2.63. The van der Waals surface area contributed by atoms with Crippen LogP contribution in [0.25, 0.3) is 0 Å². The summed E-state index contributed by atoms with van der Waals surface area (Å²) in [6, 6.07) is 3.82. The van der Waals surface area contributed by atoms with Crippen molar-refractivity contribution in [2.45, 2.75) is 12.8 Å². The highest BCUT2D eigenvalue weighted by molar-refractivity contribution is 5.98. The predicted molar refractivity (Wildman–Crippen MR) is 59.5 cm³/mol. The Morgan fingerprint density at radius 3 is 2.87 bits per heavy atom. The minimum Gasteiger partial charge on any atom is -0.496 e. The number of carbonyl (C=O) groups is 1. The van der Waals surface area contributed by atoms with Crippen LogP contribution in [0.5, 0.6) is 5.75 Å². The maximum atomic E-state index is 11.3. The van der Waals surface area contributed by atoms with Crippen LogP contribution in [0.15, 0.2) is 12.1 Å². The third kappa shape index (κ3) is 1.63. The number of hydrogen-bond acceptors (Lipinski definition) is 3. The first-order chi connectivity index (χ1) is 7.26. The lowest BCUT2D eigenvalue weighted by Crippen LogP contribution is -2.20. The van der Waals surface area contributed by atoms with Gasteiger partial charge in [-0.15, -0.1) is 0 Å². The van der Waals surface area contributed by atoms with Gasteiger partial charge in [-0.05, 0) is 18.6 Å². The fourth-order valence-electron chi connectivity index (χ4n) is 1.86. The number of nitrogens with one attached hydrogen (secondary N) is 2. The average molecular weight is 206 g/mol. The van der Waals surface area contributed by atoms with Gasteiger partial charge in [0.15, 0.2) is 0 Å². The van der Waals surface area contributed by atoms with E-state index >= 15 is 0 Å². The number of hydrogen-bond donors (Lipinski definition) is 2. The number of ether oxygens (including phenoxy) is 1. The molecule has 1 amide bonds. The lowest BCUT2D eigenvalue weighted by atomic mass is 10.0. The van der Waals surface area contributed by atoms with E-state index in [1.807, 2.05) is 19.2 Å². The summed E-state index contributed by atoms with van der Waals surface area (Å²) in [5.74, 6) is 0.899. The molecule has 0 aliphatic carbocycles. The zero-order valence-corrected chi connectivity index (χ0v) is 8.89. The van der Waals surface area contributed by atoms with Gasteiger partial charge in [0.2, 0.25) is 5.91 Å². The molecule has 0 unspecified atom stereocenters. The first-order valence-corrected chi connectivity index (χ1v) is 4.93. The highest BCUT2D eigenvalue weighted by Crippen LogP contribution is 2.36. The molecule has 1 heterocycles. The van der Waals surface area contributed by atoms with Gasteiger partial charge in [0, 0.05) is 19.0 Å². The Hall–Kier alpha value is -1.71. The summed E-state index contributed by atoms with van der Waals surface area (Å²) in [7, 11) is 3.48. The van der Waals surface area contributed by atoms with Gasteiger partial charge in [-0.3, -0.25) is 4.79 Å². The van der Waals surface area contributed by atoms with E-state index in [0.717, 1.165) is 29.1 Å². The predicted octanol–water partition coefficient (Wildman–Crippen LogP) is 1.62. The van der Waals surface area contributed by atoms with E-state index in [1.165, 1.54) is 0 Å². The van der Waals surface area contributed by atoms with E-state index in [-0.39, 0.29) is 5.91 Å². The maximum absolute atomic E-state index is 11.3. The number of rotatable bonds is 2. The lowest BCUT2D eigenvalue weighted by molar-refractivity contribution is -0.116. The maximum Gasteiger partial charge on any atom is 0.224 e. The first-order valence-electron chi connectivity index (χ1n) is 4.93. The van der Waals surface area contributed by atoms with Crippen molar-refractivity contribution in [3.63, 3.8) is 0 Å². The van der Waals surface area contributed by atoms with E-state index < -0.39 is 0 Å². The summed E-state index contributed by atoms with van der Waals surface area (Å²) < 4.78 is 5.27. The second-order valence-corrected chi connectivity index (χ2v) is 3.47. The van der Waals surface area contributed by atoms with Crippen LogP contribution in [-0.4, -0.2) is 20.1 Å². The van der Waals surface area contributed by atoms with Gasteiger partial charge in [0.05, 0.1) is 18.5 Å². The van der Waals surface area contributed by atoms with E-state index in [1.54, 1.807) is 7.11 Å². The Kier molecular flexibility index (Phi) is 2.49. The molecule has 4 heteroatoms. The van der Waals surface area contributed by atoms with E-state index in [4.69, 9.17) is 4.74 Å². The van der Waals surface area contributed by atoms with Crippen molar-refractivity contribution < 1.29 is 9.53 Å². The Morgan fingerprint density at radius 1 is 1.40 bits per heavy atom. The van der Waals surface area contributed by atoms with Crippen molar-refractivity contribution in [3.8, 4) is 5.75 Å². The summed E-state index contributed by atoms with van der Waals surface area (Å²) in [5, 5.41) is 5.93. The molecular weight excluding hydrogens is 192 g/mol. The molecule has 0 aromatic heterocycles. The van der Waals surface area contributed by atoms with Crippen LogP contribution in [0, 0.1) is 0 Å². The zero-order valence-electron chi connectivity index (χ0n) is 8.89. The van der Waals surface area contributed by atoms with Crippen molar-refractivity contribution in [3.05, 3.63) is 17.7 Å². The Bertz CT molecular complexity index is 402. The minimum atomic E-state index is 0.0623. The minimum absolute atomic E-state index is 0.0623. The topological polar surface area (TPSA) is 50.4 Å². The van der Waals surface area contributed by atoms with Crippen molar-refractivity contribution in [2.75, 3.05) is 24.8 Å². The number of amides is 1. The molecule has 0 fully saturated rings. The third-order valence-electron chi connectivity index (χ3n) is 2.63. The zero-order chi connectivity index (χ0) is 10.8. The second-order valence-electron chi connectivity index (χ2n) is 3.47. The molecule has 0 saturated heterocycles. The molecule has 4 nitrogen and oxygen atoms in total. The molecule has 0 spiro atoms. The van der Waals surface area contributed by atoms with Crippen LogP contribution < -0.4 is 15.4 Å². The van der Waals surface area contributed by atoms with Gasteiger partial charge in [0.1, 0.15) is 5.75 Å². The second kappa shape index (κ2) is 3.81. The lowest BCUT2D eigenvalue weighted by Gasteiger charge is -2.22. The summed E-state index contributed by atoms with van der Waals surface area (Å²) in [6.07, 6.45) is 1.26. The molecule has 2 N–H and O–H groups in total. The molecule has 2 rings (SSSR count). The SMILES string of the molecule is CNc1ccc(OC)c2c1NC(=O)CC2. The average Bonchev–Trinajstić information content (AvgIpc) is 2.27. The smallest absolute Gasteiger partial charge is 0.224 e. The Labute approximate surface area is 88.6 Å². The van der Waals surface area contributed by atoms with E-state index in [9.17, 15) is 4.79 Å². The molecule has 0 saturated carbocycles. The quantitative estimate of drug-likeness (QED) is 0.773. The van der Waals surface area contributed by atoms with Crippen LogP contribution in [-0.2, 0) is 11.2 Å². The van der Waals surface area contributed by atoms with Crippen molar-refractivity contribution in [2.24, 2.45) is 0 Å². The van der Waals surface area contributed by atoms with Crippen LogP contribution in [0.1, 0.15) is 12.0 Å². The van der Waals surface area contributed by atoms with Gasteiger partial charge >= 0.3 is 0 Å². The normalized spacial score (nSPS) is 14.1. The van der Waals surface area contributed by atoms with Gasteiger partial charge in [0.25, 0.3) is 0 Å². The molecule has 0 atom stereocenters. The van der Waals surface area contributed by atoms with Crippen molar-refractivity contribution >= 4 is 17.3 Å². The van der Waals surface area contributed by atoms with Crippen LogP contribution in [0.3, 0.4) is 0 Å². The molecule has 80 valence electrons. The summed E-state index contributed by atoms with van der Waals surface area (Å²) >= 11 is 0. The Morgan fingerprint density at radius 2 is 2.20 bits per heavy atom. The number of anilines is 2. The highest BCUT2D eigenvalue weighted by Gasteiger charge is 2.20. The molecular formula is C11H14N2O2. The standard InChI is InChI=1S/C11H14N2O2/c1-12-8-4-5-9(15-2)7-3-6-10(14)13-11(7)8/h4-5,12H,3,6H2,1-2H3,(H,13,14). The molecule has 1 aromatic carbocycles. The van der Waals surface area contributed by atoms with Gasteiger partial charge in [-0.1, -0.05) is 0 Å². The summed E-state index contributed by atoms with van der Waals surface area (Å²) in [4.78, 5) is 11.3. The molecule has 1 aliphatic rings. The fraction of sp³-hybridized carbons (Fsp3) is 0.364. The summed E-state index contributed by atoms with van der Waals surface area (Å²) in [5.41, 5.74) is 2.86. The number of carbonyl (C=O) groups excluding carboxylic acids is 1. The van der Waals surface area contributed by atoms with Gasteiger partial charge in [-0.2, -0.15) is 0 Å².